The fourth-order valence-corrected chi connectivity index (χ4v) is 10.9. The van der Waals surface area contributed by atoms with Gasteiger partial charge in [0.25, 0.3) is 0 Å². The molecule has 1 aliphatic heterocycles. The van der Waals surface area contributed by atoms with Crippen LogP contribution in [0.3, 0.4) is 0 Å². The summed E-state index contributed by atoms with van der Waals surface area (Å²) in [4.78, 5) is 14.8. The topological polar surface area (TPSA) is 68.8 Å². The SMILES string of the molecule is CCc1ccc(C(=CC2(C=C(c3ccc(OC)cc3)c3ccc(CC)cc3Nc3ccccc3C)OC(=O)c3c(Br)c(Br)c(Br)c(Br)c32)c2ccc(OC)cc2)c(Nc2ccccc2C)c1. The number of fused-ring (bicyclic) bond motifs is 1. The highest BCUT2D eigenvalue weighted by atomic mass is 79.9. The zero-order valence-corrected chi connectivity index (χ0v) is 43.8. The Labute approximate surface area is 421 Å². The number of hydrogen-bond donors (Lipinski definition) is 2. The number of benzene rings is 7. The van der Waals surface area contributed by atoms with Gasteiger partial charge in [0, 0.05) is 57.3 Å². The summed E-state index contributed by atoms with van der Waals surface area (Å²) in [6.07, 6.45) is 5.87. The number of nitrogens with one attached hydrogen (secondary N) is 2. The standard InChI is InChI=1S/C56H48Br4N2O4/c1-7-35-17-27-41(47(29-35)61-45-15-11-9-13-33(45)3)43(37-19-23-39(64-5)24-20-37)31-56(50-49(55(63)66-56)51(57)53(59)54(60)52(50)58)32-44(38-21-25-40(65-6)26-22-38)42-28-18-36(8-2)30-48(42)62-46-16-12-10-14-34(46)4/h9-32,61-62H,7-8H2,1-6H3. The van der Waals surface area contributed by atoms with Crippen molar-refractivity contribution in [1.82, 2.24) is 0 Å². The molecule has 66 heavy (non-hydrogen) atoms. The largest absolute Gasteiger partial charge is 0.497 e. The molecule has 334 valence electrons. The van der Waals surface area contributed by atoms with Gasteiger partial charge in [-0.3, -0.25) is 0 Å². The number of carbonyl (C=O) groups excluding carboxylic acids is 1. The predicted octanol–water partition coefficient (Wildman–Crippen LogP) is 16.6. The second-order valence-corrected chi connectivity index (χ2v) is 19.3. The first-order chi connectivity index (χ1) is 31.9. The van der Waals surface area contributed by atoms with E-state index < -0.39 is 11.6 Å². The zero-order valence-electron chi connectivity index (χ0n) is 37.4. The van der Waals surface area contributed by atoms with Crippen LogP contribution in [0.1, 0.15) is 74.3 Å². The molecule has 0 saturated heterocycles. The molecule has 7 aromatic rings. The lowest BCUT2D eigenvalue weighted by Crippen LogP contribution is -2.23. The van der Waals surface area contributed by atoms with E-state index in [2.05, 4.69) is 175 Å². The van der Waals surface area contributed by atoms with Crippen molar-refractivity contribution in [3.63, 3.8) is 0 Å². The van der Waals surface area contributed by atoms with Crippen LogP contribution in [0, 0.1) is 13.8 Å². The molecular weight excluding hydrogens is 1080 g/mol. The van der Waals surface area contributed by atoms with Crippen molar-refractivity contribution in [2.75, 3.05) is 24.9 Å². The Morgan fingerprint density at radius 3 is 1.39 bits per heavy atom. The van der Waals surface area contributed by atoms with Gasteiger partial charge in [0.15, 0.2) is 5.60 Å². The fraction of sp³-hybridized carbons (Fsp3) is 0.161. The van der Waals surface area contributed by atoms with Gasteiger partial charge in [0.05, 0.1) is 19.8 Å². The first kappa shape index (κ1) is 47.1. The fourth-order valence-electron chi connectivity index (χ4n) is 8.31. The molecule has 0 radical (unpaired) electrons. The van der Waals surface area contributed by atoms with Crippen molar-refractivity contribution in [3.8, 4) is 11.5 Å². The third-order valence-corrected chi connectivity index (χ3v) is 16.8. The molecule has 7 aromatic carbocycles. The minimum atomic E-state index is -1.53. The van der Waals surface area contributed by atoms with Crippen molar-refractivity contribution >= 4 is 104 Å². The number of halogens is 4. The Hall–Kier alpha value is -5.39. The van der Waals surface area contributed by atoms with Gasteiger partial charge in [-0.05, 0) is 196 Å². The van der Waals surface area contributed by atoms with E-state index in [0.29, 0.717) is 24.5 Å². The highest BCUT2D eigenvalue weighted by Crippen LogP contribution is 2.54. The van der Waals surface area contributed by atoms with Gasteiger partial charge < -0.3 is 24.8 Å². The van der Waals surface area contributed by atoms with Crippen LogP contribution in [0.15, 0.2) is 164 Å². The Bertz CT molecular complexity index is 2870. The summed E-state index contributed by atoms with van der Waals surface area (Å²) in [5, 5.41) is 7.60. The molecular formula is C56H48Br4N2O4. The molecule has 2 N–H and O–H groups in total. The van der Waals surface area contributed by atoms with Crippen LogP contribution < -0.4 is 20.1 Å². The third-order valence-electron chi connectivity index (χ3n) is 12.0. The van der Waals surface area contributed by atoms with E-state index in [1.54, 1.807) is 14.2 Å². The number of carbonyl (C=O) groups is 1. The summed E-state index contributed by atoms with van der Waals surface area (Å²) in [5.41, 5.74) is 13.1. The second kappa shape index (κ2) is 20.2. The van der Waals surface area contributed by atoms with Crippen molar-refractivity contribution in [3.05, 3.63) is 219 Å². The maximum atomic E-state index is 14.8. The summed E-state index contributed by atoms with van der Waals surface area (Å²) in [6.45, 7) is 8.51. The molecule has 1 heterocycles. The van der Waals surface area contributed by atoms with Gasteiger partial charge in [-0.2, -0.15) is 0 Å². The lowest BCUT2D eigenvalue weighted by atomic mass is 9.82. The first-order valence-corrected chi connectivity index (χ1v) is 24.8. The monoisotopic (exact) mass is 1130 g/mol. The lowest BCUT2D eigenvalue weighted by molar-refractivity contribution is 0.0298. The number of rotatable bonds is 14. The molecule has 6 nitrogen and oxygen atoms in total. The van der Waals surface area contributed by atoms with Crippen molar-refractivity contribution in [2.45, 2.75) is 46.1 Å². The molecule has 0 fully saturated rings. The molecule has 8 rings (SSSR count). The molecule has 0 bridgehead atoms. The molecule has 0 aliphatic carbocycles. The highest BCUT2D eigenvalue weighted by molar-refractivity contribution is 9.15. The van der Waals surface area contributed by atoms with Crippen molar-refractivity contribution in [1.29, 1.82) is 0 Å². The van der Waals surface area contributed by atoms with E-state index in [0.717, 1.165) is 96.1 Å². The number of cyclic esters (lactones) is 1. The second-order valence-electron chi connectivity index (χ2n) is 16.1. The summed E-state index contributed by atoms with van der Waals surface area (Å²) >= 11 is 15.4. The normalized spacial score (nSPS) is 14.7. The molecule has 0 amide bonds. The predicted molar refractivity (Wildman–Crippen MR) is 285 cm³/mol. The molecule has 0 aromatic heterocycles. The quantitative estimate of drug-likeness (QED) is 0.0642. The average Bonchev–Trinajstić information content (AvgIpc) is 3.63. The van der Waals surface area contributed by atoms with Gasteiger partial charge in [-0.1, -0.05) is 98.8 Å². The smallest absolute Gasteiger partial charge is 0.341 e. The van der Waals surface area contributed by atoms with Gasteiger partial charge in [-0.15, -0.1) is 0 Å². The maximum absolute atomic E-state index is 14.8. The molecule has 10 heteroatoms. The van der Waals surface area contributed by atoms with Gasteiger partial charge in [-0.25, -0.2) is 4.79 Å². The van der Waals surface area contributed by atoms with Crippen LogP contribution in [-0.2, 0) is 23.2 Å². The van der Waals surface area contributed by atoms with Gasteiger partial charge in [0.2, 0.25) is 0 Å². The van der Waals surface area contributed by atoms with E-state index in [9.17, 15) is 4.79 Å². The van der Waals surface area contributed by atoms with Gasteiger partial charge >= 0.3 is 5.97 Å². The lowest BCUT2D eigenvalue weighted by Gasteiger charge is -2.29. The maximum Gasteiger partial charge on any atom is 0.341 e. The number of aryl methyl sites for hydroxylation is 4. The van der Waals surface area contributed by atoms with E-state index in [1.165, 1.54) is 11.1 Å². The van der Waals surface area contributed by atoms with Crippen LogP contribution in [0.2, 0.25) is 0 Å². The number of anilines is 4. The Balaban J connectivity index is 1.52. The molecule has 0 saturated carbocycles. The van der Waals surface area contributed by atoms with E-state index >= 15 is 0 Å². The summed E-state index contributed by atoms with van der Waals surface area (Å²) < 4.78 is 21.0. The van der Waals surface area contributed by atoms with Crippen LogP contribution in [-0.4, -0.2) is 20.2 Å². The first-order valence-electron chi connectivity index (χ1n) is 21.6. The summed E-state index contributed by atoms with van der Waals surface area (Å²) in [5.74, 6) is 0.952. The van der Waals surface area contributed by atoms with E-state index in [4.69, 9.17) is 14.2 Å². The van der Waals surface area contributed by atoms with E-state index in [1.807, 2.05) is 72.8 Å². The molecule has 1 aliphatic rings. The Morgan fingerprint density at radius 1 is 0.561 bits per heavy atom. The summed E-state index contributed by atoms with van der Waals surface area (Å²) in [7, 11) is 3.32. The minimum absolute atomic E-state index is 0.395. The Kier molecular flexibility index (Phi) is 14.4. The highest BCUT2D eigenvalue weighted by Gasteiger charge is 2.48. The number of methoxy groups -OCH3 is 2. The average molecular weight is 1130 g/mol. The molecule has 0 unspecified atom stereocenters. The third kappa shape index (κ3) is 9.43. The van der Waals surface area contributed by atoms with Crippen LogP contribution in [0.5, 0.6) is 11.5 Å². The zero-order chi connectivity index (χ0) is 46.7. The minimum Gasteiger partial charge on any atom is -0.497 e. The molecule has 0 spiro atoms. The summed E-state index contributed by atoms with van der Waals surface area (Å²) in [6, 6.07) is 45.6. The van der Waals surface area contributed by atoms with Crippen LogP contribution in [0.4, 0.5) is 22.7 Å². The van der Waals surface area contributed by atoms with Gasteiger partial charge in [0.1, 0.15) is 11.5 Å². The number of hydrogen-bond acceptors (Lipinski definition) is 6. The van der Waals surface area contributed by atoms with E-state index in [-0.39, 0.29) is 0 Å². The number of ether oxygens (including phenoxy) is 3. The van der Waals surface area contributed by atoms with Crippen LogP contribution >= 0.6 is 63.7 Å². The van der Waals surface area contributed by atoms with Crippen molar-refractivity contribution in [2.24, 2.45) is 0 Å². The number of para-hydroxylation sites is 2. The number of esters is 1. The van der Waals surface area contributed by atoms with Crippen LogP contribution in [0.25, 0.3) is 11.1 Å². The van der Waals surface area contributed by atoms with Crippen molar-refractivity contribution < 1.29 is 19.0 Å². The molecule has 0 atom stereocenters. The Morgan fingerprint density at radius 2 is 0.985 bits per heavy atom.